The molecule has 0 radical (unpaired) electrons. The van der Waals surface area contributed by atoms with Gasteiger partial charge >= 0.3 is 0 Å². The average Bonchev–Trinajstić information content (AvgIpc) is 2.32. The Balaban J connectivity index is 3.32. The minimum Gasteiger partial charge on any atom is -0.496 e. The average molecular weight is 236 g/mol. The Kier molecular flexibility index (Phi) is 4.12. The molecule has 0 saturated carbocycles. The molecule has 94 valence electrons. The highest BCUT2D eigenvalue weighted by Crippen LogP contribution is 2.32. The number of ether oxygens (including phenoxy) is 1. The maximum absolute atomic E-state index is 11.6. The van der Waals surface area contributed by atoms with E-state index in [4.69, 9.17) is 10.5 Å². The quantitative estimate of drug-likeness (QED) is 0.866. The summed E-state index contributed by atoms with van der Waals surface area (Å²) in [6.07, 6.45) is 0. The van der Waals surface area contributed by atoms with Crippen LogP contribution in [0.5, 0.6) is 5.75 Å². The highest BCUT2D eigenvalue weighted by atomic mass is 16.5. The standard InChI is InChI=1S/C13H20N2O2/c1-8-6-11(15(4)12(16)7-14)9(2)10(3)13(8)17-5/h6H,7,14H2,1-5H3. The van der Waals surface area contributed by atoms with Crippen molar-refractivity contribution in [3.8, 4) is 5.75 Å². The summed E-state index contributed by atoms with van der Waals surface area (Å²) in [5.41, 5.74) is 9.37. The minimum atomic E-state index is -0.0999. The molecule has 0 aliphatic heterocycles. The van der Waals surface area contributed by atoms with Gasteiger partial charge in [-0.3, -0.25) is 4.79 Å². The van der Waals surface area contributed by atoms with Gasteiger partial charge in [0.25, 0.3) is 0 Å². The van der Waals surface area contributed by atoms with Crippen LogP contribution in [0, 0.1) is 20.8 Å². The molecule has 0 aromatic heterocycles. The summed E-state index contributed by atoms with van der Waals surface area (Å²) < 4.78 is 5.35. The van der Waals surface area contributed by atoms with E-state index in [2.05, 4.69) is 0 Å². The number of carbonyl (C=O) groups excluding carboxylic acids is 1. The van der Waals surface area contributed by atoms with Crippen molar-refractivity contribution in [2.75, 3.05) is 25.6 Å². The first-order valence-electron chi connectivity index (χ1n) is 5.55. The number of rotatable bonds is 3. The van der Waals surface area contributed by atoms with Crippen molar-refractivity contribution < 1.29 is 9.53 Å². The molecule has 0 aliphatic rings. The number of nitrogens with two attached hydrogens (primary N) is 1. The summed E-state index contributed by atoms with van der Waals surface area (Å²) in [4.78, 5) is 13.2. The zero-order valence-electron chi connectivity index (χ0n) is 11.1. The lowest BCUT2D eigenvalue weighted by Gasteiger charge is -2.22. The van der Waals surface area contributed by atoms with E-state index in [0.29, 0.717) is 0 Å². The van der Waals surface area contributed by atoms with Gasteiger partial charge in [0.05, 0.1) is 13.7 Å². The molecule has 0 spiro atoms. The van der Waals surface area contributed by atoms with Crippen molar-refractivity contribution in [1.29, 1.82) is 0 Å². The minimum absolute atomic E-state index is 0.0140. The number of hydrogen-bond acceptors (Lipinski definition) is 3. The van der Waals surface area contributed by atoms with Crippen LogP contribution in [0.1, 0.15) is 16.7 Å². The molecule has 0 saturated heterocycles. The SMILES string of the molecule is COc1c(C)cc(N(C)C(=O)CN)c(C)c1C. The molecule has 4 heteroatoms. The molecule has 4 nitrogen and oxygen atoms in total. The molecule has 17 heavy (non-hydrogen) atoms. The topological polar surface area (TPSA) is 55.6 Å². The fourth-order valence-electron chi connectivity index (χ4n) is 1.97. The van der Waals surface area contributed by atoms with Crippen molar-refractivity contribution >= 4 is 11.6 Å². The lowest BCUT2D eigenvalue weighted by Crippen LogP contribution is -2.33. The largest absolute Gasteiger partial charge is 0.496 e. The number of benzene rings is 1. The lowest BCUT2D eigenvalue weighted by atomic mass is 10.0. The van der Waals surface area contributed by atoms with Crippen LogP contribution in [-0.2, 0) is 4.79 Å². The van der Waals surface area contributed by atoms with Crippen LogP contribution in [0.2, 0.25) is 0 Å². The molecule has 2 N–H and O–H groups in total. The molecule has 0 atom stereocenters. The first kappa shape index (κ1) is 13.5. The number of likely N-dealkylation sites (N-methyl/N-ethyl adjacent to an activating group) is 1. The molecule has 1 aromatic carbocycles. The van der Waals surface area contributed by atoms with Crippen LogP contribution in [0.3, 0.4) is 0 Å². The van der Waals surface area contributed by atoms with Gasteiger partial charge in [-0.1, -0.05) is 0 Å². The molecular weight excluding hydrogens is 216 g/mol. The Labute approximate surface area is 102 Å². The second kappa shape index (κ2) is 5.19. The second-order valence-corrected chi connectivity index (χ2v) is 4.15. The van der Waals surface area contributed by atoms with Gasteiger partial charge in [0, 0.05) is 12.7 Å². The second-order valence-electron chi connectivity index (χ2n) is 4.15. The van der Waals surface area contributed by atoms with Crippen LogP contribution in [-0.4, -0.2) is 26.6 Å². The zero-order chi connectivity index (χ0) is 13.2. The fourth-order valence-corrected chi connectivity index (χ4v) is 1.97. The Bertz CT molecular complexity index is 442. The molecule has 1 rings (SSSR count). The number of carbonyl (C=O) groups is 1. The van der Waals surface area contributed by atoms with Gasteiger partial charge in [0.2, 0.25) is 5.91 Å². The Morgan fingerprint density at radius 1 is 1.35 bits per heavy atom. The number of hydrogen-bond donors (Lipinski definition) is 1. The first-order valence-corrected chi connectivity index (χ1v) is 5.55. The molecule has 0 heterocycles. The van der Waals surface area contributed by atoms with Gasteiger partial charge in [0.15, 0.2) is 0 Å². The van der Waals surface area contributed by atoms with Crippen molar-refractivity contribution in [2.24, 2.45) is 5.73 Å². The highest BCUT2D eigenvalue weighted by Gasteiger charge is 2.16. The first-order chi connectivity index (χ1) is 7.93. The van der Waals surface area contributed by atoms with E-state index in [9.17, 15) is 4.79 Å². The van der Waals surface area contributed by atoms with Crippen molar-refractivity contribution in [1.82, 2.24) is 0 Å². The third-order valence-corrected chi connectivity index (χ3v) is 3.11. The van der Waals surface area contributed by atoms with Gasteiger partial charge < -0.3 is 15.4 Å². The van der Waals surface area contributed by atoms with Crippen LogP contribution >= 0.6 is 0 Å². The number of aryl methyl sites for hydroxylation is 1. The van der Waals surface area contributed by atoms with E-state index in [1.165, 1.54) is 0 Å². The fraction of sp³-hybridized carbons (Fsp3) is 0.462. The molecule has 0 unspecified atom stereocenters. The van der Waals surface area contributed by atoms with Crippen molar-refractivity contribution in [2.45, 2.75) is 20.8 Å². The number of nitrogens with zero attached hydrogens (tertiary/aromatic N) is 1. The Morgan fingerprint density at radius 3 is 2.41 bits per heavy atom. The van der Waals surface area contributed by atoms with Gasteiger partial charge in [-0.25, -0.2) is 0 Å². The molecule has 0 aliphatic carbocycles. The lowest BCUT2D eigenvalue weighted by molar-refractivity contribution is -0.117. The highest BCUT2D eigenvalue weighted by molar-refractivity contribution is 5.95. The van der Waals surface area contributed by atoms with Crippen LogP contribution in [0.4, 0.5) is 5.69 Å². The molecule has 1 amide bonds. The number of amides is 1. The zero-order valence-corrected chi connectivity index (χ0v) is 11.1. The number of methoxy groups -OCH3 is 1. The predicted molar refractivity (Wildman–Crippen MR) is 69.7 cm³/mol. The maximum Gasteiger partial charge on any atom is 0.240 e. The summed E-state index contributed by atoms with van der Waals surface area (Å²) in [5.74, 6) is 0.775. The smallest absolute Gasteiger partial charge is 0.240 e. The summed E-state index contributed by atoms with van der Waals surface area (Å²) in [7, 11) is 3.39. The van der Waals surface area contributed by atoms with Gasteiger partial charge in [0.1, 0.15) is 5.75 Å². The van der Waals surface area contributed by atoms with Crippen LogP contribution < -0.4 is 15.4 Å². The van der Waals surface area contributed by atoms with E-state index in [0.717, 1.165) is 28.1 Å². The van der Waals surface area contributed by atoms with E-state index in [1.54, 1.807) is 19.1 Å². The monoisotopic (exact) mass is 236 g/mol. The van der Waals surface area contributed by atoms with Gasteiger partial charge in [-0.05, 0) is 43.5 Å². The van der Waals surface area contributed by atoms with E-state index < -0.39 is 0 Å². The van der Waals surface area contributed by atoms with E-state index in [1.807, 2.05) is 26.8 Å². The van der Waals surface area contributed by atoms with Gasteiger partial charge in [-0.15, -0.1) is 0 Å². The molecule has 0 fully saturated rings. The number of anilines is 1. The third-order valence-electron chi connectivity index (χ3n) is 3.11. The Morgan fingerprint density at radius 2 is 1.94 bits per heavy atom. The van der Waals surface area contributed by atoms with E-state index >= 15 is 0 Å². The van der Waals surface area contributed by atoms with Gasteiger partial charge in [-0.2, -0.15) is 0 Å². The summed E-state index contributed by atoms with van der Waals surface area (Å²) in [5, 5.41) is 0. The van der Waals surface area contributed by atoms with E-state index in [-0.39, 0.29) is 12.5 Å². The van der Waals surface area contributed by atoms with Crippen LogP contribution in [0.25, 0.3) is 0 Å². The Hall–Kier alpha value is -1.55. The normalized spacial score (nSPS) is 10.2. The van der Waals surface area contributed by atoms with Crippen molar-refractivity contribution in [3.05, 3.63) is 22.8 Å². The predicted octanol–water partition coefficient (Wildman–Crippen LogP) is 1.54. The van der Waals surface area contributed by atoms with Crippen molar-refractivity contribution in [3.63, 3.8) is 0 Å². The molecule has 1 aromatic rings. The summed E-state index contributed by atoms with van der Waals surface area (Å²) >= 11 is 0. The summed E-state index contributed by atoms with van der Waals surface area (Å²) in [6, 6.07) is 1.95. The molecular formula is C13H20N2O2. The summed E-state index contributed by atoms with van der Waals surface area (Å²) in [6.45, 7) is 5.95. The maximum atomic E-state index is 11.6. The van der Waals surface area contributed by atoms with Crippen LogP contribution in [0.15, 0.2) is 6.07 Å². The molecule has 0 bridgehead atoms. The third kappa shape index (κ3) is 2.42.